The molecule has 21 heavy (non-hydrogen) atoms. The van der Waals surface area contributed by atoms with Crippen LogP contribution in [0.5, 0.6) is 0 Å². The standard InChI is InChI=1S/C19H42N2/c1-3-5-7-9-10-11-12-14-18-21(19-15-16-20)17-13-8-6-4-2/h3-20H2,1-2H3. The van der Waals surface area contributed by atoms with Crippen LogP contribution < -0.4 is 5.73 Å². The predicted molar refractivity (Wildman–Crippen MR) is 96.9 cm³/mol. The molecule has 2 nitrogen and oxygen atoms in total. The molecule has 0 bridgehead atoms. The zero-order valence-corrected chi connectivity index (χ0v) is 15.0. The van der Waals surface area contributed by atoms with E-state index in [9.17, 15) is 0 Å². The van der Waals surface area contributed by atoms with Crippen LogP contribution in [0, 0.1) is 0 Å². The third-order valence-corrected chi connectivity index (χ3v) is 4.33. The lowest BCUT2D eigenvalue weighted by Crippen LogP contribution is -2.28. The normalized spacial score (nSPS) is 11.4. The Labute approximate surface area is 134 Å². The summed E-state index contributed by atoms with van der Waals surface area (Å²) >= 11 is 0. The summed E-state index contributed by atoms with van der Waals surface area (Å²) in [5, 5.41) is 0. The van der Waals surface area contributed by atoms with Gasteiger partial charge in [0.1, 0.15) is 0 Å². The first-order chi connectivity index (χ1) is 10.3. The lowest BCUT2D eigenvalue weighted by Gasteiger charge is -2.22. The van der Waals surface area contributed by atoms with Crippen molar-refractivity contribution < 1.29 is 0 Å². The van der Waals surface area contributed by atoms with Crippen molar-refractivity contribution in [2.24, 2.45) is 5.73 Å². The summed E-state index contributed by atoms with van der Waals surface area (Å²) in [5.74, 6) is 0. The second kappa shape index (κ2) is 18.0. The molecule has 0 heterocycles. The highest BCUT2D eigenvalue weighted by atomic mass is 15.1. The van der Waals surface area contributed by atoms with Gasteiger partial charge in [-0.05, 0) is 45.4 Å². The van der Waals surface area contributed by atoms with E-state index in [1.165, 1.54) is 96.7 Å². The molecule has 0 fully saturated rings. The van der Waals surface area contributed by atoms with Gasteiger partial charge >= 0.3 is 0 Å². The predicted octanol–water partition coefficient (Wildman–Crippen LogP) is 5.36. The van der Waals surface area contributed by atoms with Gasteiger partial charge in [-0.25, -0.2) is 0 Å². The molecule has 0 amide bonds. The maximum absolute atomic E-state index is 5.66. The zero-order chi connectivity index (χ0) is 15.6. The second-order valence-electron chi connectivity index (χ2n) is 6.52. The van der Waals surface area contributed by atoms with E-state index < -0.39 is 0 Å². The van der Waals surface area contributed by atoms with E-state index in [0.717, 1.165) is 13.0 Å². The molecule has 0 aliphatic rings. The van der Waals surface area contributed by atoms with Gasteiger partial charge in [0, 0.05) is 0 Å². The van der Waals surface area contributed by atoms with Crippen molar-refractivity contribution in [1.29, 1.82) is 0 Å². The molecule has 0 radical (unpaired) electrons. The Morgan fingerprint density at radius 2 is 0.905 bits per heavy atom. The minimum absolute atomic E-state index is 0.836. The summed E-state index contributed by atoms with van der Waals surface area (Å²) in [6, 6.07) is 0. The maximum atomic E-state index is 5.66. The topological polar surface area (TPSA) is 29.3 Å². The highest BCUT2D eigenvalue weighted by Crippen LogP contribution is 2.09. The Hall–Kier alpha value is -0.0800. The highest BCUT2D eigenvalue weighted by Gasteiger charge is 2.03. The molecule has 0 rings (SSSR count). The van der Waals surface area contributed by atoms with E-state index in [4.69, 9.17) is 5.73 Å². The van der Waals surface area contributed by atoms with Crippen molar-refractivity contribution >= 4 is 0 Å². The van der Waals surface area contributed by atoms with Crippen LogP contribution in [0.15, 0.2) is 0 Å². The van der Waals surface area contributed by atoms with Crippen LogP contribution in [-0.4, -0.2) is 31.1 Å². The van der Waals surface area contributed by atoms with Crippen molar-refractivity contribution in [3.8, 4) is 0 Å². The van der Waals surface area contributed by atoms with Gasteiger partial charge in [0.15, 0.2) is 0 Å². The summed E-state index contributed by atoms with van der Waals surface area (Å²) in [6.07, 6.45) is 18.0. The molecule has 0 saturated heterocycles. The number of rotatable bonds is 17. The van der Waals surface area contributed by atoms with Crippen LogP contribution >= 0.6 is 0 Å². The van der Waals surface area contributed by atoms with Crippen LogP contribution in [0.3, 0.4) is 0 Å². The third kappa shape index (κ3) is 16.1. The van der Waals surface area contributed by atoms with Gasteiger partial charge in [-0.2, -0.15) is 0 Å². The van der Waals surface area contributed by atoms with E-state index in [1.54, 1.807) is 0 Å². The van der Waals surface area contributed by atoms with Crippen LogP contribution in [0.1, 0.15) is 97.3 Å². The van der Waals surface area contributed by atoms with E-state index in [0.29, 0.717) is 0 Å². The fraction of sp³-hybridized carbons (Fsp3) is 1.00. The average Bonchev–Trinajstić information content (AvgIpc) is 2.50. The van der Waals surface area contributed by atoms with Crippen molar-refractivity contribution in [2.45, 2.75) is 97.3 Å². The minimum atomic E-state index is 0.836. The van der Waals surface area contributed by atoms with Crippen molar-refractivity contribution in [1.82, 2.24) is 4.90 Å². The van der Waals surface area contributed by atoms with E-state index in [1.807, 2.05) is 0 Å². The lowest BCUT2D eigenvalue weighted by atomic mass is 10.1. The van der Waals surface area contributed by atoms with E-state index in [-0.39, 0.29) is 0 Å². The monoisotopic (exact) mass is 298 g/mol. The van der Waals surface area contributed by atoms with Crippen LogP contribution in [0.25, 0.3) is 0 Å². The largest absolute Gasteiger partial charge is 0.330 e. The van der Waals surface area contributed by atoms with Crippen LogP contribution in [0.4, 0.5) is 0 Å². The Bertz CT molecular complexity index is 182. The van der Waals surface area contributed by atoms with Gasteiger partial charge in [0.25, 0.3) is 0 Å². The van der Waals surface area contributed by atoms with Crippen molar-refractivity contribution in [3.63, 3.8) is 0 Å². The molecule has 2 N–H and O–H groups in total. The smallest absolute Gasteiger partial charge is 0.000672 e. The summed E-state index contributed by atoms with van der Waals surface area (Å²) in [6.45, 7) is 9.20. The zero-order valence-electron chi connectivity index (χ0n) is 15.0. The molecule has 0 aromatic carbocycles. The SMILES string of the molecule is CCCCCCCCCCN(CCCN)CCCCCC. The van der Waals surface area contributed by atoms with Gasteiger partial charge in [0.2, 0.25) is 0 Å². The summed E-state index contributed by atoms with van der Waals surface area (Å²) in [4.78, 5) is 2.65. The Morgan fingerprint density at radius 3 is 1.38 bits per heavy atom. The molecule has 2 heteroatoms. The molecule has 0 atom stereocenters. The van der Waals surface area contributed by atoms with Crippen LogP contribution in [-0.2, 0) is 0 Å². The summed E-state index contributed by atoms with van der Waals surface area (Å²) < 4.78 is 0. The lowest BCUT2D eigenvalue weighted by molar-refractivity contribution is 0.259. The maximum Gasteiger partial charge on any atom is -0.000672 e. The highest BCUT2D eigenvalue weighted by molar-refractivity contribution is 4.60. The van der Waals surface area contributed by atoms with E-state index in [2.05, 4.69) is 18.7 Å². The quantitative estimate of drug-likeness (QED) is 0.366. The van der Waals surface area contributed by atoms with E-state index >= 15 is 0 Å². The molecule has 0 aliphatic heterocycles. The number of hydrogen-bond donors (Lipinski definition) is 1. The van der Waals surface area contributed by atoms with Gasteiger partial charge in [0.05, 0.1) is 0 Å². The van der Waals surface area contributed by atoms with Gasteiger partial charge in [-0.3, -0.25) is 0 Å². The molecule has 128 valence electrons. The average molecular weight is 299 g/mol. The van der Waals surface area contributed by atoms with Crippen molar-refractivity contribution in [2.75, 3.05) is 26.2 Å². The summed E-state index contributed by atoms with van der Waals surface area (Å²) in [5.41, 5.74) is 5.66. The third-order valence-electron chi connectivity index (χ3n) is 4.33. The molecule has 0 aromatic heterocycles. The van der Waals surface area contributed by atoms with Gasteiger partial charge in [-0.15, -0.1) is 0 Å². The molecule has 0 aliphatic carbocycles. The fourth-order valence-electron chi connectivity index (χ4n) is 2.88. The first-order valence-electron chi connectivity index (χ1n) is 9.77. The Balaban J connectivity index is 3.51. The number of unbranched alkanes of at least 4 members (excludes halogenated alkanes) is 10. The van der Waals surface area contributed by atoms with Crippen molar-refractivity contribution in [3.05, 3.63) is 0 Å². The fourth-order valence-corrected chi connectivity index (χ4v) is 2.88. The first kappa shape index (κ1) is 20.9. The number of hydrogen-bond acceptors (Lipinski definition) is 2. The summed E-state index contributed by atoms with van der Waals surface area (Å²) in [7, 11) is 0. The molecule has 0 unspecified atom stereocenters. The Kier molecular flexibility index (Phi) is 17.9. The van der Waals surface area contributed by atoms with Gasteiger partial charge in [-0.1, -0.05) is 78.1 Å². The minimum Gasteiger partial charge on any atom is -0.330 e. The molecular weight excluding hydrogens is 256 g/mol. The Morgan fingerprint density at radius 1 is 0.524 bits per heavy atom. The molecule has 0 saturated carbocycles. The van der Waals surface area contributed by atoms with Gasteiger partial charge < -0.3 is 10.6 Å². The molecular formula is C19H42N2. The second-order valence-corrected chi connectivity index (χ2v) is 6.52. The first-order valence-corrected chi connectivity index (χ1v) is 9.77. The van der Waals surface area contributed by atoms with Crippen LogP contribution in [0.2, 0.25) is 0 Å². The molecule has 0 aromatic rings. The number of nitrogens with two attached hydrogens (primary N) is 1. The number of nitrogens with zero attached hydrogens (tertiary/aromatic N) is 1. The molecule has 0 spiro atoms.